The molecule has 0 spiro atoms. The van der Waals surface area contributed by atoms with Gasteiger partial charge in [0.25, 0.3) is 0 Å². The third-order valence-electron chi connectivity index (χ3n) is 5.15. The summed E-state index contributed by atoms with van der Waals surface area (Å²) in [6.07, 6.45) is 0.471. The molecule has 2 aromatic carbocycles. The van der Waals surface area contributed by atoms with Gasteiger partial charge in [-0.25, -0.2) is 9.10 Å². The number of carbonyl (C=O) groups excluding carboxylic acids is 1. The Morgan fingerprint density at radius 2 is 1.43 bits per heavy atom. The molecule has 0 saturated heterocycles. The molecule has 194 valence electrons. The van der Waals surface area contributed by atoms with Crippen molar-refractivity contribution >= 4 is 18.0 Å². The van der Waals surface area contributed by atoms with E-state index in [1.807, 2.05) is 57.0 Å². The monoisotopic (exact) mass is 503 g/mol. The fourth-order valence-electron chi connectivity index (χ4n) is 3.30. The zero-order chi connectivity index (χ0) is 25.7. The standard InChI is InChI=1S/C27H41N3O4S/c1-21(15-16-29-26(31)34-27(2,3)4)28-17-18-35-30(19-22-7-11-24(32-5)12-8-22)20-23-9-13-25(33-6)14-10-23/h7-14,21,28H,15-20H2,1-6H3,(H,29,31). The Balaban J connectivity index is 1.80. The summed E-state index contributed by atoms with van der Waals surface area (Å²) in [5.41, 5.74) is 2.00. The molecule has 0 bridgehead atoms. The molecule has 7 nitrogen and oxygen atoms in total. The van der Waals surface area contributed by atoms with Gasteiger partial charge in [0, 0.05) is 38.0 Å². The summed E-state index contributed by atoms with van der Waals surface area (Å²) >= 11 is 1.83. The van der Waals surface area contributed by atoms with Crippen LogP contribution in [0.25, 0.3) is 0 Å². The summed E-state index contributed by atoms with van der Waals surface area (Å²) in [5.74, 6) is 2.67. The van der Waals surface area contributed by atoms with Crippen LogP contribution in [0.3, 0.4) is 0 Å². The molecular weight excluding hydrogens is 462 g/mol. The maximum Gasteiger partial charge on any atom is 0.407 e. The van der Waals surface area contributed by atoms with Gasteiger partial charge in [0.15, 0.2) is 0 Å². The number of hydrogen-bond donors (Lipinski definition) is 2. The number of ether oxygens (including phenoxy) is 3. The van der Waals surface area contributed by atoms with Gasteiger partial charge in [-0.1, -0.05) is 36.2 Å². The molecule has 8 heteroatoms. The van der Waals surface area contributed by atoms with Gasteiger partial charge in [0.1, 0.15) is 17.1 Å². The van der Waals surface area contributed by atoms with Crippen LogP contribution in [-0.4, -0.2) is 55.1 Å². The van der Waals surface area contributed by atoms with Gasteiger partial charge in [0.2, 0.25) is 0 Å². The molecule has 1 unspecified atom stereocenters. The molecule has 0 aliphatic rings. The second-order valence-corrected chi connectivity index (χ2v) is 10.6. The number of nitrogens with one attached hydrogen (secondary N) is 2. The number of alkyl carbamates (subject to hydrolysis) is 1. The van der Waals surface area contributed by atoms with Gasteiger partial charge in [0.05, 0.1) is 14.2 Å². The number of nitrogens with zero attached hydrogens (tertiary/aromatic N) is 1. The van der Waals surface area contributed by atoms with Crippen molar-refractivity contribution in [1.29, 1.82) is 0 Å². The smallest absolute Gasteiger partial charge is 0.407 e. The van der Waals surface area contributed by atoms with Crippen LogP contribution in [0.4, 0.5) is 4.79 Å². The van der Waals surface area contributed by atoms with E-state index in [-0.39, 0.29) is 6.09 Å². The average Bonchev–Trinajstić information content (AvgIpc) is 2.81. The summed E-state index contributed by atoms with van der Waals surface area (Å²) in [7, 11) is 3.37. The van der Waals surface area contributed by atoms with Crippen molar-refractivity contribution < 1.29 is 19.0 Å². The Bertz CT molecular complexity index is 820. The Labute approximate surface area is 215 Å². The van der Waals surface area contributed by atoms with Gasteiger partial charge >= 0.3 is 6.09 Å². The van der Waals surface area contributed by atoms with E-state index in [1.165, 1.54) is 11.1 Å². The first-order valence-electron chi connectivity index (χ1n) is 12.0. The SMILES string of the molecule is COc1ccc(CN(Cc2ccc(OC)cc2)SCCNC(C)CCNC(=O)OC(C)(C)C)cc1. The molecule has 2 rings (SSSR count). The van der Waals surface area contributed by atoms with Crippen molar-refractivity contribution in [3.05, 3.63) is 59.7 Å². The Hall–Kier alpha value is -2.42. The summed E-state index contributed by atoms with van der Waals surface area (Å²) in [4.78, 5) is 11.8. The molecule has 35 heavy (non-hydrogen) atoms. The molecule has 1 atom stereocenters. The fraction of sp³-hybridized carbons (Fsp3) is 0.519. The molecular formula is C27H41N3O4S. The topological polar surface area (TPSA) is 72.1 Å². The van der Waals surface area contributed by atoms with Crippen LogP contribution in [0.1, 0.15) is 45.2 Å². The van der Waals surface area contributed by atoms with Gasteiger partial charge in [-0.3, -0.25) is 0 Å². The quantitative estimate of drug-likeness (QED) is 0.270. The number of hydrogen-bond acceptors (Lipinski definition) is 7. The lowest BCUT2D eigenvalue weighted by atomic mass is 10.2. The van der Waals surface area contributed by atoms with Crippen molar-refractivity contribution in [1.82, 2.24) is 14.9 Å². The Morgan fingerprint density at radius 1 is 0.914 bits per heavy atom. The van der Waals surface area contributed by atoms with E-state index in [2.05, 4.69) is 46.1 Å². The highest BCUT2D eigenvalue weighted by Crippen LogP contribution is 2.22. The van der Waals surface area contributed by atoms with Gasteiger partial charge in [-0.15, -0.1) is 0 Å². The van der Waals surface area contributed by atoms with Crippen LogP contribution >= 0.6 is 11.9 Å². The molecule has 0 aliphatic carbocycles. The number of carbonyl (C=O) groups is 1. The minimum absolute atomic E-state index is 0.294. The first-order valence-corrected chi connectivity index (χ1v) is 13.0. The van der Waals surface area contributed by atoms with Crippen molar-refractivity contribution in [3.8, 4) is 11.5 Å². The second-order valence-electron chi connectivity index (χ2n) is 9.40. The zero-order valence-electron chi connectivity index (χ0n) is 21.9. The van der Waals surface area contributed by atoms with Gasteiger partial charge in [-0.05, 0) is 69.5 Å². The summed E-state index contributed by atoms with van der Waals surface area (Å²) in [6.45, 7) is 10.8. The third kappa shape index (κ3) is 12.2. The van der Waals surface area contributed by atoms with E-state index in [9.17, 15) is 4.79 Å². The maximum atomic E-state index is 11.8. The summed E-state index contributed by atoms with van der Waals surface area (Å²) in [6, 6.07) is 16.7. The average molecular weight is 504 g/mol. The van der Waals surface area contributed by atoms with Crippen LogP contribution in [-0.2, 0) is 17.8 Å². The summed E-state index contributed by atoms with van der Waals surface area (Å²) < 4.78 is 18.2. The fourth-order valence-corrected chi connectivity index (χ4v) is 4.25. The van der Waals surface area contributed by atoms with Crippen LogP contribution in [0.5, 0.6) is 11.5 Å². The maximum absolute atomic E-state index is 11.8. The molecule has 0 heterocycles. The normalized spacial score (nSPS) is 12.3. The molecule has 0 aromatic heterocycles. The molecule has 1 amide bonds. The van der Waals surface area contributed by atoms with E-state index in [1.54, 1.807) is 14.2 Å². The summed E-state index contributed by atoms with van der Waals surface area (Å²) in [5, 5.41) is 6.36. The highest BCUT2D eigenvalue weighted by molar-refractivity contribution is 7.97. The number of methoxy groups -OCH3 is 2. The van der Waals surface area contributed by atoms with Gasteiger partial charge in [-0.2, -0.15) is 0 Å². The van der Waals surface area contributed by atoms with E-state index in [4.69, 9.17) is 14.2 Å². The second kappa shape index (κ2) is 14.9. The molecule has 2 N–H and O–H groups in total. The Kier molecular flexibility index (Phi) is 12.2. The van der Waals surface area contributed by atoms with Crippen molar-refractivity contribution in [3.63, 3.8) is 0 Å². The van der Waals surface area contributed by atoms with Crippen molar-refractivity contribution in [2.75, 3.05) is 33.1 Å². The lowest BCUT2D eigenvalue weighted by molar-refractivity contribution is 0.0526. The molecule has 0 saturated carbocycles. The molecule has 0 aliphatic heterocycles. The van der Waals surface area contributed by atoms with Crippen molar-refractivity contribution in [2.45, 2.75) is 58.8 Å². The van der Waals surface area contributed by atoms with E-state index in [0.717, 1.165) is 43.3 Å². The van der Waals surface area contributed by atoms with Crippen LogP contribution in [0.2, 0.25) is 0 Å². The first kappa shape index (κ1) is 28.8. The molecule has 2 aromatic rings. The minimum atomic E-state index is -0.477. The highest BCUT2D eigenvalue weighted by Gasteiger charge is 2.16. The highest BCUT2D eigenvalue weighted by atomic mass is 32.2. The van der Waals surface area contributed by atoms with E-state index >= 15 is 0 Å². The van der Waals surface area contributed by atoms with Crippen molar-refractivity contribution in [2.24, 2.45) is 0 Å². The predicted molar refractivity (Wildman–Crippen MR) is 144 cm³/mol. The number of benzene rings is 2. The van der Waals surface area contributed by atoms with E-state index in [0.29, 0.717) is 12.6 Å². The number of rotatable bonds is 14. The third-order valence-corrected chi connectivity index (χ3v) is 6.16. The van der Waals surface area contributed by atoms with Crippen LogP contribution in [0.15, 0.2) is 48.5 Å². The Morgan fingerprint density at radius 3 is 1.89 bits per heavy atom. The zero-order valence-corrected chi connectivity index (χ0v) is 22.7. The van der Waals surface area contributed by atoms with Gasteiger partial charge < -0.3 is 24.8 Å². The van der Waals surface area contributed by atoms with Crippen LogP contribution < -0.4 is 20.1 Å². The van der Waals surface area contributed by atoms with E-state index < -0.39 is 5.60 Å². The largest absolute Gasteiger partial charge is 0.497 e. The lowest BCUT2D eigenvalue weighted by Crippen LogP contribution is -2.36. The predicted octanol–water partition coefficient (Wildman–Crippen LogP) is 5.25. The van der Waals surface area contributed by atoms with Crippen LogP contribution in [0, 0.1) is 0 Å². The molecule has 0 radical (unpaired) electrons. The first-order chi connectivity index (χ1) is 16.7. The lowest BCUT2D eigenvalue weighted by Gasteiger charge is -2.23. The number of amides is 1. The molecule has 0 fully saturated rings. The minimum Gasteiger partial charge on any atom is -0.497 e.